The fourth-order valence-corrected chi connectivity index (χ4v) is 2.37. The molecule has 0 aliphatic carbocycles. The van der Waals surface area contributed by atoms with E-state index in [0.717, 1.165) is 6.42 Å². The molecule has 0 radical (unpaired) electrons. The highest BCUT2D eigenvalue weighted by Crippen LogP contribution is 2.34. The lowest BCUT2D eigenvalue weighted by Crippen LogP contribution is -2.38. The SMILES string of the molecule is CC(C)CC(O)[C@H](C)[C@H]1OC(C)(C)O[C@H]1CO. The van der Waals surface area contributed by atoms with E-state index in [0.29, 0.717) is 5.92 Å². The zero-order valence-electron chi connectivity index (χ0n) is 11.5. The highest BCUT2D eigenvalue weighted by atomic mass is 16.8. The van der Waals surface area contributed by atoms with Gasteiger partial charge < -0.3 is 19.7 Å². The second-order valence-corrected chi connectivity index (χ2v) is 5.88. The molecule has 1 rings (SSSR count). The van der Waals surface area contributed by atoms with Crippen LogP contribution in [0.1, 0.15) is 41.0 Å². The Kier molecular flexibility index (Phi) is 4.95. The van der Waals surface area contributed by atoms with E-state index in [1.807, 2.05) is 20.8 Å². The standard InChI is InChI=1S/C13H26O4/c1-8(2)6-10(15)9(3)12-11(7-14)16-13(4,5)17-12/h8-12,14-15H,6-7H2,1-5H3/t9-,10?,11-,12+/m0/s1. The summed E-state index contributed by atoms with van der Waals surface area (Å²) in [6, 6.07) is 0. The van der Waals surface area contributed by atoms with Gasteiger partial charge in [0.25, 0.3) is 0 Å². The van der Waals surface area contributed by atoms with Gasteiger partial charge in [-0.1, -0.05) is 20.8 Å². The van der Waals surface area contributed by atoms with E-state index in [1.54, 1.807) is 0 Å². The van der Waals surface area contributed by atoms with Crippen LogP contribution < -0.4 is 0 Å². The average Bonchev–Trinajstić information content (AvgIpc) is 2.51. The summed E-state index contributed by atoms with van der Waals surface area (Å²) in [6.07, 6.45) is -0.281. The lowest BCUT2D eigenvalue weighted by atomic mass is 9.89. The Morgan fingerprint density at radius 3 is 2.24 bits per heavy atom. The van der Waals surface area contributed by atoms with Gasteiger partial charge in [-0.15, -0.1) is 0 Å². The van der Waals surface area contributed by atoms with Crippen molar-refractivity contribution < 1.29 is 19.7 Å². The van der Waals surface area contributed by atoms with Gasteiger partial charge in [0.1, 0.15) is 6.10 Å². The molecule has 1 aliphatic heterocycles. The summed E-state index contributed by atoms with van der Waals surface area (Å²) in [5, 5.41) is 19.4. The summed E-state index contributed by atoms with van der Waals surface area (Å²) < 4.78 is 11.4. The Bertz CT molecular complexity index is 240. The summed E-state index contributed by atoms with van der Waals surface area (Å²) in [7, 11) is 0. The van der Waals surface area contributed by atoms with Gasteiger partial charge in [0.05, 0.1) is 18.8 Å². The third-order valence-corrected chi connectivity index (χ3v) is 3.24. The average molecular weight is 246 g/mol. The Hall–Kier alpha value is -0.160. The van der Waals surface area contributed by atoms with Crippen molar-refractivity contribution >= 4 is 0 Å². The molecule has 1 heterocycles. The van der Waals surface area contributed by atoms with Crippen LogP contribution in [0.25, 0.3) is 0 Å². The van der Waals surface area contributed by atoms with E-state index in [-0.39, 0.29) is 24.7 Å². The van der Waals surface area contributed by atoms with Crippen molar-refractivity contribution in [2.24, 2.45) is 11.8 Å². The maximum atomic E-state index is 10.1. The Morgan fingerprint density at radius 2 is 1.76 bits per heavy atom. The van der Waals surface area contributed by atoms with Gasteiger partial charge in [-0.2, -0.15) is 0 Å². The zero-order chi connectivity index (χ0) is 13.2. The van der Waals surface area contributed by atoms with Crippen LogP contribution in [0.4, 0.5) is 0 Å². The van der Waals surface area contributed by atoms with Crippen LogP contribution in [0.5, 0.6) is 0 Å². The molecule has 102 valence electrons. The highest BCUT2D eigenvalue weighted by molar-refractivity contribution is 4.87. The summed E-state index contributed by atoms with van der Waals surface area (Å²) >= 11 is 0. The number of ether oxygens (including phenoxy) is 2. The van der Waals surface area contributed by atoms with Gasteiger partial charge in [0.15, 0.2) is 5.79 Å². The van der Waals surface area contributed by atoms with Gasteiger partial charge in [0.2, 0.25) is 0 Å². The van der Waals surface area contributed by atoms with Crippen LogP contribution >= 0.6 is 0 Å². The fraction of sp³-hybridized carbons (Fsp3) is 1.00. The first-order valence-electron chi connectivity index (χ1n) is 6.41. The normalized spacial score (nSPS) is 31.8. The molecule has 0 amide bonds. The molecule has 1 aliphatic rings. The Balaban J connectivity index is 2.64. The van der Waals surface area contributed by atoms with Gasteiger partial charge >= 0.3 is 0 Å². The van der Waals surface area contributed by atoms with Crippen LogP contribution in [0, 0.1) is 11.8 Å². The van der Waals surface area contributed by atoms with Gasteiger partial charge in [-0.25, -0.2) is 0 Å². The molecular formula is C13H26O4. The van der Waals surface area contributed by atoms with Crippen LogP contribution in [-0.2, 0) is 9.47 Å². The van der Waals surface area contributed by atoms with Crippen LogP contribution in [0.2, 0.25) is 0 Å². The summed E-state index contributed by atoms with van der Waals surface area (Å²) in [5.41, 5.74) is 0. The first-order chi connectivity index (χ1) is 7.76. The smallest absolute Gasteiger partial charge is 0.163 e. The van der Waals surface area contributed by atoms with Crippen LogP contribution in [0.3, 0.4) is 0 Å². The van der Waals surface area contributed by atoms with Crippen molar-refractivity contribution in [1.82, 2.24) is 0 Å². The monoisotopic (exact) mass is 246 g/mol. The topological polar surface area (TPSA) is 58.9 Å². The molecule has 17 heavy (non-hydrogen) atoms. The summed E-state index contributed by atoms with van der Waals surface area (Å²) in [6.45, 7) is 9.69. The molecule has 4 atom stereocenters. The van der Waals surface area contributed by atoms with E-state index in [2.05, 4.69) is 13.8 Å². The first-order valence-corrected chi connectivity index (χ1v) is 6.41. The van der Waals surface area contributed by atoms with Crippen LogP contribution in [-0.4, -0.2) is 40.9 Å². The minimum atomic E-state index is -0.677. The van der Waals surface area contributed by atoms with Crippen molar-refractivity contribution in [3.63, 3.8) is 0 Å². The van der Waals surface area contributed by atoms with Crippen molar-refractivity contribution in [2.75, 3.05) is 6.61 Å². The summed E-state index contributed by atoms with van der Waals surface area (Å²) in [4.78, 5) is 0. The molecular weight excluding hydrogens is 220 g/mol. The Morgan fingerprint density at radius 1 is 1.18 bits per heavy atom. The molecule has 0 aromatic carbocycles. The molecule has 2 N–H and O–H groups in total. The van der Waals surface area contributed by atoms with E-state index >= 15 is 0 Å². The maximum absolute atomic E-state index is 10.1. The molecule has 4 nitrogen and oxygen atoms in total. The molecule has 1 saturated heterocycles. The second kappa shape index (κ2) is 5.65. The predicted octanol–water partition coefficient (Wildman–Crippen LogP) is 1.54. The molecule has 0 spiro atoms. The van der Waals surface area contributed by atoms with Gasteiger partial charge in [0, 0.05) is 5.92 Å². The third kappa shape index (κ3) is 3.91. The number of hydrogen-bond donors (Lipinski definition) is 2. The molecule has 4 heteroatoms. The minimum absolute atomic E-state index is 0.0451. The lowest BCUT2D eigenvalue weighted by molar-refractivity contribution is -0.155. The Labute approximate surface area is 104 Å². The molecule has 0 bridgehead atoms. The van der Waals surface area contributed by atoms with E-state index in [9.17, 15) is 10.2 Å². The maximum Gasteiger partial charge on any atom is 0.163 e. The van der Waals surface area contributed by atoms with E-state index < -0.39 is 11.9 Å². The largest absolute Gasteiger partial charge is 0.394 e. The second-order valence-electron chi connectivity index (χ2n) is 5.88. The third-order valence-electron chi connectivity index (χ3n) is 3.24. The fourth-order valence-electron chi connectivity index (χ4n) is 2.37. The zero-order valence-corrected chi connectivity index (χ0v) is 11.5. The number of aliphatic hydroxyl groups is 2. The van der Waals surface area contributed by atoms with Crippen molar-refractivity contribution in [3.05, 3.63) is 0 Å². The number of aliphatic hydroxyl groups excluding tert-OH is 2. The molecule has 0 saturated carbocycles. The van der Waals surface area contributed by atoms with E-state index in [1.165, 1.54) is 0 Å². The van der Waals surface area contributed by atoms with Gasteiger partial charge in [-0.3, -0.25) is 0 Å². The lowest BCUT2D eigenvalue weighted by Gasteiger charge is -2.27. The molecule has 1 fully saturated rings. The quantitative estimate of drug-likeness (QED) is 0.772. The summed E-state index contributed by atoms with van der Waals surface area (Å²) in [5.74, 6) is -0.282. The van der Waals surface area contributed by atoms with Crippen molar-refractivity contribution in [2.45, 2.75) is 65.1 Å². The minimum Gasteiger partial charge on any atom is -0.394 e. The van der Waals surface area contributed by atoms with Gasteiger partial charge in [-0.05, 0) is 26.2 Å². The van der Waals surface area contributed by atoms with Crippen molar-refractivity contribution in [1.29, 1.82) is 0 Å². The highest BCUT2D eigenvalue weighted by Gasteiger charge is 2.45. The molecule has 1 unspecified atom stereocenters. The van der Waals surface area contributed by atoms with E-state index in [4.69, 9.17) is 9.47 Å². The first kappa shape index (κ1) is 14.9. The van der Waals surface area contributed by atoms with Crippen molar-refractivity contribution in [3.8, 4) is 0 Å². The van der Waals surface area contributed by atoms with Crippen LogP contribution in [0.15, 0.2) is 0 Å². The molecule has 0 aromatic heterocycles. The number of hydrogen-bond acceptors (Lipinski definition) is 4. The predicted molar refractivity (Wildman–Crippen MR) is 65.5 cm³/mol. The molecule has 0 aromatic rings. The number of rotatable bonds is 5.